The smallest absolute Gasteiger partial charge is 0.0690 e. The van der Waals surface area contributed by atoms with E-state index >= 15 is 0 Å². The standard InChI is InChI=1S/C16H27NO2/c1-2-3-4-5-9-12-16(18)14-17(19)13-15-10-7-6-8-11-15/h6-8,10-11,16,18-19H,2-5,9,12-14H2,1H3. The average molecular weight is 265 g/mol. The van der Waals surface area contributed by atoms with Crippen molar-refractivity contribution in [1.82, 2.24) is 5.06 Å². The number of hydroxylamine groups is 2. The highest BCUT2D eigenvalue weighted by atomic mass is 16.5. The summed E-state index contributed by atoms with van der Waals surface area (Å²) in [6.07, 6.45) is 6.32. The fourth-order valence-corrected chi connectivity index (χ4v) is 2.18. The van der Waals surface area contributed by atoms with Crippen molar-refractivity contribution in [3.8, 4) is 0 Å². The van der Waals surface area contributed by atoms with Crippen molar-refractivity contribution in [2.24, 2.45) is 0 Å². The first-order chi connectivity index (χ1) is 9.22. The number of hydrogen-bond acceptors (Lipinski definition) is 3. The Labute approximate surface area is 116 Å². The van der Waals surface area contributed by atoms with E-state index in [-0.39, 0.29) is 0 Å². The SMILES string of the molecule is CCCCCCCC(O)CN(O)Cc1ccccc1. The minimum Gasteiger partial charge on any atom is -0.392 e. The zero-order valence-corrected chi connectivity index (χ0v) is 12.0. The molecule has 0 aliphatic heterocycles. The molecule has 0 spiro atoms. The first-order valence-corrected chi connectivity index (χ1v) is 7.38. The molecule has 1 atom stereocenters. The van der Waals surface area contributed by atoms with Crippen LogP contribution in [0.4, 0.5) is 0 Å². The third-order valence-electron chi connectivity index (χ3n) is 3.27. The van der Waals surface area contributed by atoms with Gasteiger partial charge in [-0.25, -0.2) is 0 Å². The van der Waals surface area contributed by atoms with Gasteiger partial charge in [0.25, 0.3) is 0 Å². The van der Waals surface area contributed by atoms with Gasteiger partial charge in [0.2, 0.25) is 0 Å². The van der Waals surface area contributed by atoms with Gasteiger partial charge in [-0.05, 0) is 12.0 Å². The maximum absolute atomic E-state index is 9.85. The van der Waals surface area contributed by atoms with Gasteiger partial charge < -0.3 is 10.3 Å². The predicted molar refractivity (Wildman–Crippen MR) is 78.0 cm³/mol. The Balaban J connectivity index is 2.12. The van der Waals surface area contributed by atoms with Gasteiger partial charge in [0, 0.05) is 6.54 Å². The van der Waals surface area contributed by atoms with Crippen molar-refractivity contribution in [3.63, 3.8) is 0 Å². The van der Waals surface area contributed by atoms with Gasteiger partial charge in [0.1, 0.15) is 0 Å². The number of benzene rings is 1. The van der Waals surface area contributed by atoms with Crippen LogP contribution in [0.25, 0.3) is 0 Å². The van der Waals surface area contributed by atoms with Crippen LogP contribution in [0.1, 0.15) is 51.0 Å². The van der Waals surface area contributed by atoms with E-state index in [9.17, 15) is 10.3 Å². The predicted octanol–water partition coefficient (Wildman–Crippen LogP) is 3.60. The number of aliphatic hydroxyl groups excluding tert-OH is 1. The Morgan fingerprint density at radius 2 is 1.74 bits per heavy atom. The molecule has 0 amide bonds. The fraction of sp³-hybridized carbons (Fsp3) is 0.625. The summed E-state index contributed by atoms with van der Waals surface area (Å²) in [7, 11) is 0. The average Bonchev–Trinajstić information content (AvgIpc) is 2.39. The van der Waals surface area contributed by atoms with Crippen LogP contribution in [0.15, 0.2) is 30.3 Å². The zero-order valence-electron chi connectivity index (χ0n) is 12.0. The lowest BCUT2D eigenvalue weighted by atomic mass is 10.1. The summed E-state index contributed by atoms with van der Waals surface area (Å²) in [5.41, 5.74) is 1.06. The molecule has 0 aliphatic carbocycles. The summed E-state index contributed by atoms with van der Waals surface area (Å²) >= 11 is 0. The summed E-state index contributed by atoms with van der Waals surface area (Å²) in [5.74, 6) is 0. The van der Waals surface area contributed by atoms with Gasteiger partial charge in [0.05, 0.1) is 12.6 Å². The van der Waals surface area contributed by atoms with Gasteiger partial charge in [-0.3, -0.25) is 0 Å². The summed E-state index contributed by atoms with van der Waals surface area (Å²) in [4.78, 5) is 0. The molecule has 2 N–H and O–H groups in total. The highest BCUT2D eigenvalue weighted by Crippen LogP contribution is 2.09. The second-order valence-electron chi connectivity index (χ2n) is 5.19. The molecule has 1 rings (SSSR count). The van der Waals surface area contributed by atoms with Crippen molar-refractivity contribution < 1.29 is 10.3 Å². The molecule has 0 aromatic heterocycles. The Morgan fingerprint density at radius 1 is 1.05 bits per heavy atom. The fourth-order valence-electron chi connectivity index (χ4n) is 2.18. The van der Waals surface area contributed by atoms with Crippen LogP contribution < -0.4 is 0 Å². The van der Waals surface area contributed by atoms with E-state index in [1.807, 2.05) is 30.3 Å². The van der Waals surface area contributed by atoms with E-state index in [0.717, 1.165) is 18.4 Å². The van der Waals surface area contributed by atoms with Crippen molar-refractivity contribution in [3.05, 3.63) is 35.9 Å². The normalized spacial score (nSPS) is 12.8. The van der Waals surface area contributed by atoms with Gasteiger partial charge >= 0.3 is 0 Å². The minimum atomic E-state index is -0.435. The molecule has 0 fully saturated rings. The third-order valence-corrected chi connectivity index (χ3v) is 3.27. The molecular weight excluding hydrogens is 238 g/mol. The summed E-state index contributed by atoms with van der Waals surface area (Å²) in [6, 6.07) is 9.80. The maximum Gasteiger partial charge on any atom is 0.0690 e. The minimum absolute atomic E-state index is 0.322. The van der Waals surface area contributed by atoms with E-state index in [4.69, 9.17) is 0 Å². The van der Waals surface area contributed by atoms with E-state index in [2.05, 4.69) is 6.92 Å². The largest absolute Gasteiger partial charge is 0.392 e. The molecule has 0 bridgehead atoms. The summed E-state index contributed by atoms with van der Waals surface area (Å²) < 4.78 is 0. The number of aliphatic hydroxyl groups is 1. The number of unbranched alkanes of at least 4 members (excludes halogenated alkanes) is 4. The number of hydrogen-bond donors (Lipinski definition) is 2. The summed E-state index contributed by atoms with van der Waals surface area (Å²) in [6.45, 7) is 2.98. The Hall–Kier alpha value is -0.900. The molecule has 1 unspecified atom stereocenters. The molecule has 1 aromatic carbocycles. The molecule has 0 heterocycles. The molecule has 0 radical (unpaired) electrons. The van der Waals surface area contributed by atoms with Gasteiger partial charge in [0.15, 0.2) is 0 Å². The van der Waals surface area contributed by atoms with Crippen LogP contribution in [0.3, 0.4) is 0 Å². The van der Waals surface area contributed by atoms with Crippen molar-refractivity contribution in [2.75, 3.05) is 6.54 Å². The quantitative estimate of drug-likeness (QED) is 0.502. The van der Waals surface area contributed by atoms with Crippen LogP contribution in [-0.2, 0) is 6.54 Å². The second kappa shape index (κ2) is 9.96. The second-order valence-corrected chi connectivity index (χ2v) is 5.19. The Bertz CT molecular complexity index is 316. The third kappa shape index (κ3) is 7.98. The van der Waals surface area contributed by atoms with Crippen LogP contribution >= 0.6 is 0 Å². The molecule has 19 heavy (non-hydrogen) atoms. The van der Waals surface area contributed by atoms with Gasteiger partial charge in [-0.15, -0.1) is 0 Å². The first-order valence-electron chi connectivity index (χ1n) is 7.38. The van der Waals surface area contributed by atoms with Crippen molar-refractivity contribution in [1.29, 1.82) is 0 Å². The molecule has 3 heteroatoms. The molecule has 0 aliphatic rings. The van der Waals surface area contributed by atoms with Crippen LogP contribution in [0.2, 0.25) is 0 Å². The van der Waals surface area contributed by atoms with Crippen LogP contribution in [0.5, 0.6) is 0 Å². The highest BCUT2D eigenvalue weighted by molar-refractivity contribution is 5.14. The lowest BCUT2D eigenvalue weighted by Gasteiger charge is -2.18. The maximum atomic E-state index is 9.85. The molecule has 3 nitrogen and oxygen atoms in total. The van der Waals surface area contributed by atoms with Gasteiger partial charge in [-0.1, -0.05) is 69.4 Å². The molecule has 0 saturated carbocycles. The van der Waals surface area contributed by atoms with Crippen LogP contribution in [-0.4, -0.2) is 28.0 Å². The molecule has 0 saturated heterocycles. The lowest BCUT2D eigenvalue weighted by molar-refractivity contribution is -0.122. The summed E-state index contributed by atoms with van der Waals surface area (Å²) in [5, 5.41) is 20.8. The lowest BCUT2D eigenvalue weighted by Crippen LogP contribution is -2.29. The molecular formula is C16H27NO2. The highest BCUT2D eigenvalue weighted by Gasteiger charge is 2.09. The van der Waals surface area contributed by atoms with Gasteiger partial charge in [-0.2, -0.15) is 5.06 Å². The van der Waals surface area contributed by atoms with Crippen molar-refractivity contribution >= 4 is 0 Å². The zero-order chi connectivity index (χ0) is 13.9. The first kappa shape index (κ1) is 16.2. The Kier molecular flexibility index (Phi) is 8.47. The number of rotatable bonds is 10. The van der Waals surface area contributed by atoms with Crippen LogP contribution in [0, 0.1) is 0 Å². The monoisotopic (exact) mass is 265 g/mol. The Morgan fingerprint density at radius 3 is 2.42 bits per heavy atom. The topological polar surface area (TPSA) is 43.7 Å². The van der Waals surface area contributed by atoms with E-state index in [1.165, 1.54) is 30.7 Å². The van der Waals surface area contributed by atoms with E-state index < -0.39 is 6.10 Å². The number of nitrogens with zero attached hydrogens (tertiary/aromatic N) is 1. The molecule has 1 aromatic rings. The molecule has 108 valence electrons. The van der Waals surface area contributed by atoms with E-state index in [1.54, 1.807) is 0 Å². The van der Waals surface area contributed by atoms with Crippen molar-refractivity contribution in [2.45, 2.75) is 58.1 Å². The van der Waals surface area contributed by atoms with E-state index in [0.29, 0.717) is 13.1 Å².